The van der Waals surface area contributed by atoms with Crippen LogP contribution in [0.4, 0.5) is 5.88 Å². The molecule has 5 heteroatoms. The fraction of sp³-hybridized carbons (Fsp3) is 0.154. The summed E-state index contributed by atoms with van der Waals surface area (Å²) in [7, 11) is 0. The van der Waals surface area contributed by atoms with Crippen molar-refractivity contribution in [2.45, 2.75) is 13.0 Å². The quantitative estimate of drug-likeness (QED) is 0.882. The summed E-state index contributed by atoms with van der Waals surface area (Å²) in [5, 5.41) is 12.5. The number of hydrogen-bond acceptors (Lipinski definition) is 3. The summed E-state index contributed by atoms with van der Waals surface area (Å²) in [4.78, 5) is 10.7. The molecule has 1 aromatic carbocycles. The maximum absolute atomic E-state index is 10.7. The lowest BCUT2D eigenvalue weighted by Gasteiger charge is -2.14. The second-order valence-electron chi connectivity index (χ2n) is 3.86. The molecule has 0 aliphatic carbocycles. The van der Waals surface area contributed by atoms with Crippen LogP contribution in [0, 0.1) is 0 Å². The third-order valence-corrected chi connectivity index (χ3v) is 2.89. The van der Waals surface area contributed by atoms with Crippen LogP contribution in [0.5, 0.6) is 0 Å². The summed E-state index contributed by atoms with van der Waals surface area (Å²) in [5.41, 5.74) is 0.924. The molecule has 2 rings (SSSR count). The maximum atomic E-state index is 10.7. The molecule has 0 fully saturated rings. The number of nitrogens with one attached hydrogen (secondary N) is 1. The van der Waals surface area contributed by atoms with Gasteiger partial charge in [-0.05, 0) is 24.6 Å². The molecule has 0 bridgehead atoms. The number of carboxylic acids is 1. The van der Waals surface area contributed by atoms with Gasteiger partial charge < -0.3 is 14.8 Å². The molecular formula is C13H12ClNO3. The Kier molecular flexibility index (Phi) is 3.58. The van der Waals surface area contributed by atoms with Crippen LogP contribution in [-0.4, -0.2) is 11.1 Å². The van der Waals surface area contributed by atoms with Crippen molar-refractivity contribution < 1.29 is 14.3 Å². The van der Waals surface area contributed by atoms with E-state index in [1.807, 2.05) is 25.1 Å². The lowest BCUT2D eigenvalue weighted by Crippen LogP contribution is -2.06. The number of carboxylic acid groups (broad SMARTS) is 1. The van der Waals surface area contributed by atoms with Gasteiger partial charge in [0.15, 0.2) is 5.88 Å². The van der Waals surface area contributed by atoms with Crippen molar-refractivity contribution in [3.63, 3.8) is 0 Å². The number of hydrogen-bond donors (Lipinski definition) is 2. The number of aromatic carboxylic acids is 1. The molecule has 4 nitrogen and oxygen atoms in total. The molecule has 0 saturated heterocycles. The smallest absolute Gasteiger partial charge is 0.371 e. The second-order valence-corrected chi connectivity index (χ2v) is 4.26. The first-order valence-electron chi connectivity index (χ1n) is 5.42. The van der Waals surface area contributed by atoms with Gasteiger partial charge in [0.1, 0.15) is 0 Å². The summed E-state index contributed by atoms with van der Waals surface area (Å²) >= 11 is 6.08. The number of carbonyl (C=O) groups is 1. The zero-order chi connectivity index (χ0) is 13.1. The van der Waals surface area contributed by atoms with Crippen LogP contribution >= 0.6 is 11.6 Å². The van der Waals surface area contributed by atoms with Gasteiger partial charge in [0.2, 0.25) is 5.76 Å². The Hall–Kier alpha value is -1.94. The van der Waals surface area contributed by atoms with E-state index in [1.165, 1.54) is 6.07 Å². The third kappa shape index (κ3) is 2.65. The van der Waals surface area contributed by atoms with E-state index < -0.39 is 5.97 Å². The molecule has 18 heavy (non-hydrogen) atoms. The van der Waals surface area contributed by atoms with Gasteiger partial charge in [0.05, 0.1) is 6.04 Å². The molecule has 1 atom stereocenters. The lowest BCUT2D eigenvalue weighted by molar-refractivity contribution is 0.0663. The highest BCUT2D eigenvalue weighted by atomic mass is 35.5. The number of halogens is 1. The van der Waals surface area contributed by atoms with Crippen LogP contribution in [0.15, 0.2) is 40.8 Å². The Bertz CT molecular complexity index is 565. The molecule has 0 radical (unpaired) electrons. The standard InChI is InChI=1S/C13H12ClNO3/c1-8(9-4-2-3-5-10(9)14)15-12-7-6-11(18-12)13(16)17/h2-8,15H,1H3,(H,16,17). The Morgan fingerprint density at radius 1 is 1.33 bits per heavy atom. The Morgan fingerprint density at radius 2 is 2.06 bits per heavy atom. The molecular weight excluding hydrogens is 254 g/mol. The molecule has 0 aliphatic heterocycles. The highest BCUT2D eigenvalue weighted by Crippen LogP contribution is 2.26. The van der Waals surface area contributed by atoms with Gasteiger partial charge in [-0.3, -0.25) is 0 Å². The van der Waals surface area contributed by atoms with Crippen LogP contribution in [0.1, 0.15) is 29.1 Å². The van der Waals surface area contributed by atoms with E-state index in [1.54, 1.807) is 12.1 Å². The predicted octanol–water partition coefficient (Wildman–Crippen LogP) is 3.80. The monoisotopic (exact) mass is 265 g/mol. The summed E-state index contributed by atoms with van der Waals surface area (Å²) in [5.74, 6) is -0.780. The molecule has 0 spiro atoms. The highest BCUT2D eigenvalue weighted by Gasteiger charge is 2.13. The van der Waals surface area contributed by atoms with E-state index in [9.17, 15) is 4.79 Å². The Labute approximate surface area is 109 Å². The molecule has 1 unspecified atom stereocenters. The van der Waals surface area contributed by atoms with E-state index >= 15 is 0 Å². The minimum atomic E-state index is -1.09. The average molecular weight is 266 g/mol. The molecule has 1 heterocycles. The van der Waals surface area contributed by atoms with Gasteiger partial charge in [0.25, 0.3) is 0 Å². The molecule has 2 N–H and O–H groups in total. The van der Waals surface area contributed by atoms with Crippen molar-refractivity contribution >= 4 is 23.5 Å². The number of anilines is 1. The fourth-order valence-corrected chi connectivity index (χ4v) is 1.95. The number of furan rings is 1. The zero-order valence-corrected chi connectivity index (χ0v) is 10.4. The van der Waals surface area contributed by atoms with Gasteiger partial charge in [-0.25, -0.2) is 4.79 Å². The second kappa shape index (κ2) is 5.14. The zero-order valence-electron chi connectivity index (χ0n) is 9.68. The maximum Gasteiger partial charge on any atom is 0.371 e. The molecule has 0 amide bonds. The Morgan fingerprint density at radius 3 is 2.67 bits per heavy atom. The van der Waals surface area contributed by atoms with Crippen molar-refractivity contribution in [3.05, 3.63) is 52.7 Å². The number of rotatable bonds is 4. The van der Waals surface area contributed by atoms with Crippen LogP contribution in [0.3, 0.4) is 0 Å². The van der Waals surface area contributed by atoms with E-state index in [2.05, 4.69) is 5.32 Å². The summed E-state index contributed by atoms with van der Waals surface area (Å²) in [6, 6.07) is 10.4. The lowest BCUT2D eigenvalue weighted by atomic mass is 10.1. The molecule has 0 aliphatic rings. The van der Waals surface area contributed by atoms with E-state index in [-0.39, 0.29) is 11.8 Å². The average Bonchev–Trinajstić information content (AvgIpc) is 2.78. The summed E-state index contributed by atoms with van der Waals surface area (Å²) in [6.45, 7) is 1.92. The van der Waals surface area contributed by atoms with Crippen LogP contribution in [0.2, 0.25) is 5.02 Å². The first-order valence-corrected chi connectivity index (χ1v) is 5.80. The van der Waals surface area contributed by atoms with Gasteiger partial charge >= 0.3 is 5.97 Å². The fourth-order valence-electron chi connectivity index (χ4n) is 1.65. The largest absolute Gasteiger partial charge is 0.475 e. The number of benzene rings is 1. The summed E-state index contributed by atoms with van der Waals surface area (Å²) < 4.78 is 5.12. The minimum absolute atomic E-state index is 0.0773. The molecule has 94 valence electrons. The first kappa shape index (κ1) is 12.5. The third-order valence-electron chi connectivity index (χ3n) is 2.55. The van der Waals surface area contributed by atoms with Gasteiger partial charge in [-0.1, -0.05) is 29.8 Å². The first-order chi connectivity index (χ1) is 8.58. The minimum Gasteiger partial charge on any atom is -0.475 e. The van der Waals surface area contributed by atoms with Gasteiger partial charge in [0, 0.05) is 11.1 Å². The van der Waals surface area contributed by atoms with Crippen molar-refractivity contribution in [3.8, 4) is 0 Å². The van der Waals surface area contributed by atoms with Crippen molar-refractivity contribution in [2.75, 3.05) is 5.32 Å². The molecule has 2 aromatic rings. The summed E-state index contributed by atoms with van der Waals surface area (Å²) in [6.07, 6.45) is 0. The van der Waals surface area contributed by atoms with Gasteiger partial charge in [-0.15, -0.1) is 0 Å². The van der Waals surface area contributed by atoms with E-state index in [4.69, 9.17) is 21.1 Å². The van der Waals surface area contributed by atoms with E-state index in [0.717, 1.165) is 5.56 Å². The van der Waals surface area contributed by atoms with Crippen LogP contribution < -0.4 is 5.32 Å². The Balaban J connectivity index is 2.13. The van der Waals surface area contributed by atoms with Crippen LogP contribution in [0.25, 0.3) is 0 Å². The molecule has 0 saturated carbocycles. The normalized spacial score (nSPS) is 12.1. The highest BCUT2D eigenvalue weighted by molar-refractivity contribution is 6.31. The SMILES string of the molecule is CC(Nc1ccc(C(=O)O)o1)c1ccccc1Cl. The van der Waals surface area contributed by atoms with Crippen LogP contribution in [-0.2, 0) is 0 Å². The van der Waals surface area contributed by atoms with Gasteiger partial charge in [-0.2, -0.15) is 0 Å². The van der Waals surface area contributed by atoms with Crippen molar-refractivity contribution in [1.82, 2.24) is 0 Å². The van der Waals surface area contributed by atoms with Crippen molar-refractivity contribution in [2.24, 2.45) is 0 Å². The topological polar surface area (TPSA) is 62.5 Å². The molecule has 1 aromatic heterocycles. The van der Waals surface area contributed by atoms with E-state index in [0.29, 0.717) is 10.9 Å². The van der Waals surface area contributed by atoms with Crippen molar-refractivity contribution in [1.29, 1.82) is 0 Å². The predicted molar refractivity (Wildman–Crippen MR) is 69.2 cm³/mol.